The Morgan fingerprint density at radius 2 is 2.25 bits per heavy atom. The molecule has 1 aromatic carbocycles. The Hall–Kier alpha value is -1.92. The highest BCUT2D eigenvalue weighted by atomic mass is 32.1. The predicted octanol–water partition coefficient (Wildman–Crippen LogP) is 4.23. The molecule has 0 unspecified atom stereocenters. The minimum atomic E-state index is -0.0799. The van der Waals surface area contributed by atoms with Gasteiger partial charge < -0.3 is 15.0 Å². The van der Waals surface area contributed by atoms with E-state index in [4.69, 9.17) is 4.74 Å². The fraction of sp³-hybridized carbons (Fsp3) is 0.444. The van der Waals surface area contributed by atoms with E-state index >= 15 is 0 Å². The molecule has 2 aromatic rings. The van der Waals surface area contributed by atoms with E-state index in [-0.39, 0.29) is 6.03 Å². The predicted molar refractivity (Wildman–Crippen MR) is 97.4 cm³/mol. The van der Waals surface area contributed by atoms with Crippen LogP contribution in [0.5, 0.6) is 0 Å². The molecule has 128 valence electrons. The van der Waals surface area contributed by atoms with Gasteiger partial charge in [-0.25, -0.2) is 9.78 Å². The smallest absolute Gasteiger partial charge is 0.321 e. The topological polar surface area (TPSA) is 54.5 Å². The fourth-order valence-corrected chi connectivity index (χ4v) is 3.39. The molecule has 24 heavy (non-hydrogen) atoms. The van der Waals surface area contributed by atoms with Crippen molar-refractivity contribution in [2.75, 3.05) is 25.5 Å². The highest BCUT2D eigenvalue weighted by molar-refractivity contribution is 7.07. The van der Waals surface area contributed by atoms with Gasteiger partial charge in [-0.15, -0.1) is 11.3 Å². The van der Waals surface area contributed by atoms with Crippen molar-refractivity contribution in [3.8, 4) is 11.3 Å². The number of hydrogen-bond donors (Lipinski definition) is 1. The van der Waals surface area contributed by atoms with E-state index in [1.54, 1.807) is 16.2 Å². The number of nitrogens with zero attached hydrogens (tertiary/aromatic N) is 2. The van der Waals surface area contributed by atoms with Gasteiger partial charge in [-0.3, -0.25) is 0 Å². The first-order chi connectivity index (χ1) is 11.7. The lowest BCUT2D eigenvalue weighted by molar-refractivity contribution is 0.101. The summed E-state index contributed by atoms with van der Waals surface area (Å²) in [5.41, 5.74) is 4.63. The van der Waals surface area contributed by atoms with Gasteiger partial charge in [0.1, 0.15) is 0 Å². The molecule has 1 atom stereocenters. The van der Waals surface area contributed by atoms with Crippen LogP contribution in [0.15, 0.2) is 35.2 Å². The number of urea groups is 1. The molecule has 6 heteroatoms. The second kappa shape index (κ2) is 8.26. The molecule has 3 rings (SSSR count). The molecular formula is C18H23N3O2S. The average molecular weight is 345 g/mol. The summed E-state index contributed by atoms with van der Waals surface area (Å²) in [6, 6.07) is 7.69. The summed E-state index contributed by atoms with van der Waals surface area (Å²) in [5.74, 6) is 0. The molecule has 1 saturated heterocycles. The van der Waals surface area contributed by atoms with Gasteiger partial charge in [0, 0.05) is 36.8 Å². The van der Waals surface area contributed by atoms with Gasteiger partial charge >= 0.3 is 6.03 Å². The van der Waals surface area contributed by atoms with Gasteiger partial charge in [0.25, 0.3) is 0 Å². The van der Waals surface area contributed by atoms with Gasteiger partial charge in [0.15, 0.2) is 0 Å². The summed E-state index contributed by atoms with van der Waals surface area (Å²) in [6.07, 6.45) is 4.70. The SMILES string of the molecule is CN(CCC[C@@H]1CCCO1)C(=O)Nc1ccc(-c2cscn2)cc1. The van der Waals surface area contributed by atoms with Crippen molar-refractivity contribution in [1.29, 1.82) is 0 Å². The van der Waals surface area contributed by atoms with Crippen LogP contribution in [0.4, 0.5) is 10.5 Å². The van der Waals surface area contributed by atoms with Crippen molar-refractivity contribution >= 4 is 23.1 Å². The Balaban J connectivity index is 1.45. The van der Waals surface area contributed by atoms with E-state index in [9.17, 15) is 4.79 Å². The highest BCUT2D eigenvalue weighted by Crippen LogP contribution is 2.21. The Kier molecular flexibility index (Phi) is 5.82. The first-order valence-corrected chi connectivity index (χ1v) is 9.29. The van der Waals surface area contributed by atoms with Gasteiger partial charge in [-0.05, 0) is 37.8 Å². The lowest BCUT2D eigenvalue weighted by Gasteiger charge is -2.19. The molecule has 0 saturated carbocycles. The molecule has 1 aromatic heterocycles. The quantitative estimate of drug-likeness (QED) is 0.852. The Morgan fingerprint density at radius 3 is 2.92 bits per heavy atom. The molecule has 5 nitrogen and oxygen atoms in total. The molecule has 1 aliphatic heterocycles. The summed E-state index contributed by atoms with van der Waals surface area (Å²) >= 11 is 1.57. The third-order valence-corrected chi connectivity index (χ3v) is 4.84. The number of carbonyl (C=O) groups excluding carboxylic acids is 1. The molecular weight excluding hydrogens is 322 g/mol. The molecule has 0 spiro atoms. The molecule has 1 fully saturated rings. The van der Waals surface area contributed by atoms with Crippen LogP contribution < -0.4 is 5.32 Å². The number of ether oxygens (including phenoxy) is 1. The van der Waals surface area contributed by atoms with Crippen LogP contribution in [0, 0.1) is 0 Å². The maximum absolute atomic E-state index is 12.2. The molecule has 2 amide bonds. The van der Waals surface area contributed by atoms with Crippen LogP contribution in [0.3, 0.4) is 0 Å². The average Bonchev–Trinajstić information content (AvgIpc) is 3.29. The summed E-state index contributed by atoms with van der Waals surface area (Å²) in [4.78, 5) is 18.2. The minimum Gasteiger partial charge on any atom is -0.378 e. The first-order valence-electron chi connectivity index (χ1n) is 8.35. The number of aromatic nitrogens is 1. The molecule has 0 aliphatic carbocycles. The zero-order valence-electron chi connectivity index (χ0n) is 13.9. The third kappa shape index (κ3) is 4.55. The lowest BCUT2D eigenvalue weighted by atomic mass is 10.1. The number of anilines is 1. The number of amides is 2. The largest absolute Gasteiger partial charge is 0.378 e. The zero-order valence-corrected chi connectivity index (χ0v) is 14.7. The normalized spacial score (nSPS) is 17.0. The third-order valence-electron chi connectivity index (χ3n) is 4.25. The van der Waals surface area contributed by atoms with Crippen molar-refractivity contribution in [2.45, 2.75) is 31.8 Å². The van der Waals surface area contributed by atoms with E-state index < -0.39 is 0 Å². The van der Waals surface area contributed by atoms with Gasteiger partial charge in [0.05, 0.1) is 17.3 Å². The Morgan fingerprint density at radius 1 is 1.42 bits per heavy atom. The zero-order chi connectivity index (χ0) is 16.8. The number of rotatable bonds is 6. The Bertz CT molecular complexity index is 637. The van der Waals surface area contributed by atoms with E-state index in [2.05, 4.69) is 10.3 Å². The number of thiazole rings is 1. The summed E-state index contributed by atoms with van der Waals surface area (Å²) < 4.78 is 5.61. The number of carbonyl (C=O) groups is 1. The second-order valence-corrected chi connectivity index (χ2v) is 6.80. The van der Waals surface area contributed by atoms with Crippen molar-refractivity contribution in [2.24, 2.45) is 0 Å². The minimum absolute atomic E-state index is 0.0799. The van der Waals surface area contributed by atoms with Gasteiger partial charge in [-0.1, -0.05) is 12.1 Å². The second-order valence-electron chi connectivity index (χ2n) is 6.08. The summed E-state index contributed by atoms with van der Waals surface area (Å²) in [6.45, 7) is 1.63. The maximum atomic E-state index is 12.2. The van der Waals surface area contributed by atoms with Crippen LogP contribution in [0.2, 0.25) is 0 Å². The molecule has 0 radical (unpaired) electrons. The molecule has 0 bridgehead atoms. The first kappa shape index (κ1) is 16.9. The van der Waals surface area contributed by atoms with Gasteiger partial charge in [-0.2, -0.15) is 0 Å². The molecule has 2 heterocycles. The van der Waals surface area contributed by atoms with E-state index in [1.807, 2.05) is 42.2 Å². The summed E-state index contributed by atoms with van der Waals surface area (Å²) in [5, 5.41) is 4.94. The summed E-state index contributed by atoms with van der Waals surface area (Å²) in [7, 11) is 1.83. The molecule has 1 aliphatic rings. The van der Waals surface area contributed by atoms with Gasteiger partial charge in [0.2, 0.25) is 0 Å². The van der Waals surface area contributed by atoms with Crippen molar-refractivity contribution in [3.63, 3.8) is 0 Å². The number of hydrogen-bond acceptors (Lipinski definition) is 4. The van der Waals surface area contributed by atoms with Crippen molar-refractivity contribution in [1.82, 2.24) is 9.88 Å². The van der Waals surface area contributed by atoms with Crippen LogP contribution in [-0.4, -0.2) is 42.2 Å². The highest BCUT2D eigenvalue weighted by Gasteiger charge is 2.16. The van der Waals surface area contributed by atoms with E-state index in [1.165, 1.54) is 0 Å². The van der Waals surface area contributed by atoms with Crippen molar-refractivity contribution < 1.29 is 9.53 Å². The van der Waals surface area contributed by atoms with Crippen molar-refractivity contribution in [3.05, 3.63) is 35.2 Å². The molecule has 1 N–H and O–H groups in total. The number of benzene rings is 1. The maximum Gasteiger partial charge on any atom is 0.321 e. The van der Waals surface area contributed by atoms with Crippen LogP contribution in [0.25, 0.3) is 11.3 Å². The monoisotopic (exact) mass is 345 g/mol. The fourth-order valence-electron chi connectivity index (χ4n) is 2.83. The Labute approximate surface area is 146 Å². The number of nitrogens with one attached hydrogen (secondary N) is 1. The van der Waals surface area contributed by atoms with E-state index in [0.717, 1.165) is 55.8 Å². The van der Waals surface area contributed by atoms with Crippen LogP contribution in [-0.2, 0) is 4.74 Å². The van der Waals surface area contributed by atoms with Crippen LogP contribution in [0.1, 0.15) is 25.7 Å². The van der Waals surface area contributed by atoms with E-state index in [0.29, 0.717) is 6.10 Å². The standard InChI is InChI=1S/C18H23N3O2S/c1-21(10-2-4-16-5-3-11-23-16)18(22)20-15-8-6-14(7-9-15)17-12-24-13-19-17/h6-9,12-13,16H,2-5,10-11H2,1H3,(H,20,22)/t16-/m1/s1. The van der Waals surface area contributed by atoms with Crippen LogP contribution >= 0.6 is 11.3 Å². The lowest BCUT2D eigenvalue weighted by Crippen LogP contribution is -2.32.